The molecule has 1 aromatic carbocycles. The second-order valence-corrected chi connectivity index (χ2v) is 6.45. The molecular weight excluding hydrogens is 296 g/mol. The summed E-state index contributed by atoms with van der Waals surface area (Å²) in [6.45, 7) is 4.28. The van der Waals surface area contributed by atoms with Gasteiger partial charge in [0, 0.05) is 32.3 Å². The summed E-state index contributed by atoms with van der Waals surface area (Å²) in [6, 6.07) is 7.98. The molecule has 116 valence electrons. The first-order valence-electron chi connectivity index (χ1n) is 7.63. The highest BCUT2D eigenvalue weighted by Gasteiger charge is 2.19. The highest BCUT2D eigenvalue weighted by Crippen LogP contribution is 2.30. The number of para-hydroxylation sites is 2. The van der Waals surface area contributed by atoms with Gasteiger partial charge in [0.25, 0.3) is 0 Å². The Balaban J connectivity index is 1.84. The van der Waals surface area contributed by atoms with Gasteiger partial charge in [0.15, 0.2) is 5.82 Å². The Kier molecular flexibility index (Phi) is 4.77. The van der Waals surface area contributed by atoms with Crippen molar-refractivity contribution in [3.63, 3.8) is 0 Å². The van der Waals surface area contributed by atoms with E-state index < -0.39 is 0 Å². The largest absolute Gasteiger partial charge is 0.356 e. The van der Waals surface area contributed by atoms with Gasteiger partial charge in [-0.2, -0.15) is 0 Å². The predicted octanol–water partition coefficient (Wildman–Crippen LogP) is 2.46. The first-order chi connectivity index (χ1) is 10.7. The van der Waals surface area contributed by atoms with Crippen molar-refractivity contribution in [1.82, 2.24) is 15.3 Å². The van der Waals surface area contributed by atoms with Gasteiger partial charge in [-0.25, -0.2) is 9.97 Å². The van der Waals surface area contributed by atoms with Crippen LogP contribution in [0.2, 0.25) is 0 Å². The van der Waals surface area contributed by atoms with Gasteiger partial charge in [0.2, 0.25) is 5.91 Å². The first kappa shape index (κ1) is 15.1. The number of aromatic nitrogens is 2. The van der Waals surface area contributed by atoms with E-state index in [2.05, 4.69) is 10.2 Å². The molecule has 0 bridgehead atoms. The number of nitrogens with one attached hydrogen (secondary N) is 1. The van der Waals surface area contributed by atoms with Crippen LogP contribution < -0.4 is 10.2 Å². The third-order valence-electron chi connectivity index (χ3n) is 3.64. The lowest BCUT2D eigenvalue weighted by Gasteiger charge is -2.19. The van der Waals surface area contributed by atoms with Crippen LogP contribution in [0.1, 0.15) is 19.8 Å². The average molecular weight is 316 g/mol. The number of rotatable bonds is 5. The van der Waals surface area contributed by atoms with Gasteiger partial charge in [-0.1, -0.05) is 12.1 Å². The molecule has 1 amide bonds. The van der Waals surface area contributed by atoms with Crippen molar-refractivity contribution in [3.05, 3.63) is 24.3 Å². The minimum Gasteiger partial charge on any atom is -0.356 e. The monoisotopic (exact) mass is 316 g/mol. The highest BCUT2D eigenvalue weighted by molar-refractivity contribution is 7.99. The molecule has 2 aromatic rings. The van der Waals surface area contributed by atoms with Crippen LogP contribution in [-0.2, 0) is 4.79 Å². The standard InChI is InChI=1S/C16H20N4OS/c1-12(21)17-8-11-22-16-15(20-9-4-5-10-20)18-13-6-2-3-7-14(13)19-16/h2-3,6-7H,4-5,8-11H2,1H3,(H,17,21). The van der Waals surface area contributed by atoms with Gasteiger partial charge in [0.05, 0.1) is 11.0 Å². The fourth-order valence-corrected chi connectivity index (χ4v) is 3.45. The molecule has 1 N–H and O–H groups in total. The molecule has 3 rings (SSSR count). The van der Waals surface area contributed by atoms with Crippen LogP contribution in [0.5, 0.6) is 0 Å². The zero-order valence-corrected chi connectivity index (χ0v) is 13.5. The van der Waals surface area contributed by atoms with Crippen molar-refractivity contribution in [2.24, 2.45) is 0 Å². The molecule has 6 heteroatoms. The van der Waals surface area contributed by atoms with Gasteiger partial charge in [-0.15, -0.1) is 11.8 Å². The lowest BCUT2D eigenvalue weighted by atomic mass is 10.3. The lowest BCUT2D eigenvalue weighted by Crippen LogP contribution is -2.23. The van der Waals surface area contributed by atoms with Gasteiger partial charge in [0.1, 0.15) is 5.03 Å². The maximum absolute atomic E-state index is 10.9. The van der Waals surface area contributed by atoms with E-state index in [0.29, 0.717) is 6.54 Å². The summed E-state index contributed by atoms with van der Waals surface area (Å²) < 4.78 is 0. The smallest absolute Gasteiger partial charge is 0.216 e. The van der Waals surface area contributed by atoms with Crippen LogP contribution in [0.4, 0.5) is 5.82 Å². The van der Waals surface area contributed by atoms with Crippen molar-refractivity contribution in [2.75, 3.05) is 30.3 Å². The van der Waals surface area contributed by atoms with Crippen molar-refractivity contribution in [2.45, 2.75) is 24.8 Å². The molecule has 1 saturated heterocycles. The molecule has 5 nitrogen and oxygen atoms in total. The number of nitrogens with zero attached hydrogens (tertiary/aromatic N) is 3. The SMILES string of the molecule is CC(=O)NCCSc1nc2ccccc2nc1N1CCCC1. The lowest BCUT2D eigenvalue weighted by molar-refractivity contribution is -0.118. The molecule has 0 atom stereocenters. The number of carbonyl (C=O) groups excluding carboxylic acids is 1. The van der Waals surface area contributed by atoms with Crippen molar-refractivity contribution in [1.29, 1.82) is 0 Å². The second-order valence-electron chi connectivity index (χ2n) is 5.37. The van der Waals surface area contributed by atoms with Crippen LogP contribution >= 0.6 is 11.8 Å². The molecule has 0 radical (unpaired) electrons. The number of fused-ring (bicyclic) bond motifs is 1. The van der Waals surface area contributed by atoms with E-state index >= 15 is 0 Å². The number of benzene rings is 1. The summed E-state index contributed by atoms with van der Waals surface area (Å²) in [6.07, 6.45) is 2.43. The number of anilines is 1. The van der Waals surface area contributed by atoms with Crippen molar-refractivity contribution >= 4 is 34.5 Å². The number of amides is 1. The molecule has 0 saturated carbocycles. The van der Waals surface area contributed by atoms with E-state index in [9.17, 15) is 4.79 Å². The number of carbonyl (C=O) groups is 1. The third kappa shape index (κ3) is 3.50. The van der Waals surface area contributed by atoms with Gasteiger partial charge < -0.3 is 10.2 Å². The van der Waals surface area contributed by atoms with Gasteiger partial charge in [-0.05, 0) is 25.0 Å². The molecular formula is C16H20N4OS. The Labute approximate surface area is 134 Å². The number of hydrogen-bond acceptors (Lipinski definition) is 5. The van der Waals surface area contributed by atoms with Crippen molar-refractivity contribution in [3.8, 4) is 0 Å². The van der Waals surface area contributed by atoms with Crippen LogP contribution in [0.3, 0.4) is 0 Å². The second kappa shape index (κ2) is 6.96. The fraction of sp³-hybridized carbons (Fsp3) is 0.438. The summed E-state index contributed by atoms with van der Waals surface area (Å²) >= 11 is 1.66. The van der Waals surface area contributed by atoms with E-state index in [-0.39, 0.29) is 5.91 Å². The number of thioether (sulfide) groups is 1. The molecule has 1 aromatic heterocycles. The van der Waals surface area contributed by atoms with Gasteiger partial charge >= 0.3 is 0 Å². The molecule has 0 spiro atoms. The fourth-order valence-electron chi connectivity index (χ4n) is 2.58. The minimum atomic E-state index is 0.00459. The highest BCUT2D eigenvalue weighted by atomic mass is 32.2. The predicted molar refractivity (Wildman–Crippen MR) is 90.4 cm³/mol. The summed E-state index contributed by atoms with van der Waals surface area (Å²) in [5.74, 6) is 1.79. The first-order valence-corrected chi connectivity index (χ1v) is 8.61. The maximum atomic E-state index is 10.9. The molecule has 1 aliphatic heterocycles. The normalized spacial score (nSPS) is 14.5. The van der Waals surface area contributed by atoms with Crippen LogP contribution in [0, 0.1) is 0 Å². The summed E-state index contributed by atoms with van der Waals surface area (Å²) in [5, 5.41) is 3.78. The van der Waals surface area contributed by atoms with E-state index in [4.69, 9.17) is 9.97 Å². The summed E-state index contributed by atoms with van der Waals surface area (Å²) in [5.41, 5.74) is 1.86. The van der Waals surface area contributed by atoms with E-state index in [0.717, 1.165) is 40.7 Å². The Bertz CT molecular complexity index is 670. The summed E-state index contributed by atoms with van der Waals surface area (Å²) in [7, 11) is 0. The van der Waals surface area contributed by atoms with Crippen LogP contribution in [-0.4, -0.2) is 41.3 Å². The molecule has 0 unspecified atom stereocenters. The number of hydrogen-bond donors (Lipinski definition) is 1. The van der Waals surface area contributed by atoms with Gasteiger partial charge in [-0.3, -0.25) is 4.79 Å². The topological polar surface area (TPSA) is 58.1 Å². The Hall–Kier alpha value is -1.82. The van der Waals surface area contributed by atoms with E-state index in [1.54, 1.807) is 11.8 Å². The maximum Gasteiger partial charge on any atom is 0.216 e. The van der Waals surface area contributed by atoms with E-state index in [1.807, 2.05) is 24.3 Å². The Morgan fingerprint density at radius 1 is 1.23 bits per heavy atom. The molecule has 0 aliphatic carbocycles. The quantitative estimate of drug-likeness (QED) is 0.678. The molecule has 2 heterocycles. The Morgan fingerprint density at radius 3 is 2.59 bits per heavy atom. The zero-order chi connectivity index (χ0) is 15.4. The van der Waals surface area contributed by atoms with Crippen LogP contribution in [0.15, 0.2) is 29.3 Å². The molecule has 22 heavy (non-hydrogen) atoms. The molecule has 1 fully saturated rings. The Morgan fingerprint density at radius 2 is 1.91 bits per heavy atom. The zero-order valence-electron chi connectivity index (χ0n) is 12.7. The third-order valence-corrected chi connectivity index (χ3v) is 4.60. The summed E-state index contributed by atoms with van der Waals surface area (Å²) in [4.78, 5) is 22.9. The van der Waals surface area contributed by atoms with E-state index in [1.165, 1.54) is 19.8 Å². The molecule has 1 aliphatic rings. The van der Waals surface area contributed by atoms with Crippen LogP contribution in [0.25, 0.3) is 11.0 Å². The van der Waals surface area contributed by atoms with Crippen molar-refractivity contribution < 1.29 is 4.79 Å². The average Bonchev–Trinajstić information content (AvgIpc) is 3.04. The minimum absolute atomic E-state index is 0.00459.